The Hall–Kier alpha value is -3.73. The molecule has 0 atom stereocenters. The highest BCUT2D eigenvalue weighted by Crippen LogP contribution is 2.32. The van der Waals surface area contributed by atoms with Crippen molar-refractivity contribution in [1.29, 1.82) is 0 Å². The molecule has 0 aromatic heterocycles. The van der Waals surface area contributed by atoms with Crippen LogP contribution in [0.4, 0.5) is 0 Å². The number of ketones is 1. The number of hydrogen-bond donors (Lipinski definition) is 0. The van der Waals surface area contributed by atoms with Crippen LogP contribution >= 0.6 is 0 Å². The van der Waals surface area contributed by atoms with Gasteiger partial charge in [0.1, 0.15) is 18.1 Å². The van der Waals surface area contributed by atoms with Gasteiger partial charge in [-0.15, -0.1) is 0 Å². The summed E-state index contributed by atoms with van der Waals surface area (Å²) >= 11 is 0. The Morgan fingerprint density at radius 2 is 1.81 bits per heavy atom. The van der Waals surface area contributed by atoms with Gasteiger partial charge in [-0.3, -0.25) is 4.79 Å². The molecule has 4 rings (SSSR count). The Kier molecular flexibility index (Phi) is 5.94. The number of hydrogen-bond acceptors (Lipinski definition) is 5. The van der Waals surface area contributed by atoms with E-state index in [2.05, 4.69) is 6.07 Å². The molecule has 3 aromatic carbocycles. The lowest BCUT2D eigenvalue weighted by Gasteiger charge is -2.13. The maximum absolute atomic E-state index is 12.6. The van der Waals surface area contributed by atoms with E-state index in [-0.39, 0.29) is 12.6 Å². The van der Waals surface area contributed by atoms with Crippen LogP contribution in [0.25, 0.3) is 6.08 Å². The van der Waals surface area contributed by atoms with Crippen molar-refractivity contribution in [2.75, 3.05) is 13.9 Å². The molecule has 0 bridgehead atoms. The van der Waals surface area contributed by atoms with Crippen LogP contribution in [0.2, 0.25) is 0 Å². The van der Waals surface area contributed by atoms with E-state index in [1.807, 2.05) is 44.2 Å². The average Bonchev–Trinajstić information content (AvgIpc) is 3.26. The normalized spacial score (nSPS) is 12.2. The lowest BCUT2D eigenvalue weighted by molar-refractivity contribution is 0.104. The van der Waals surface area contributed by atoms with Crippen molar-refractivity contribution in [3.63, 3.8) is 0 Å². The highest BCUT2D eigenvalue weighted by Gasteiger charge is 2.15. The third-order valence-corrected chi connectivity index (χ3v) is 5.12. The molecule has 0 aliphatic carbocycles. The van der Waals surface area contributed by atoms with Gasteiger partial charge in [-0.1, -0.05) is 24.3 Å². The Bertz CT molecular complexity index is 1150. The first kappa shape index (κ1) is 20.5. The first-order chi connectivity index (χ1) is 15.0. The minimum atomic E-state index is -0.109. The molecule has 5 heteroatoms. The minimum Gasteiger partial charge on any atom is -0.496 e. The number of carbonyl (C=O) groups excluding carboxylic acids is 1. The molecule has 0 amide bonds. The summed E-state index contributed by atoms with van der Waals surface area (Å²) in [5, 5.41) is 0. The smallest absolute Gasteiger partial charge is 0.231 e. The number of fused-ring (bicyclic) bond motifs is 1. The summed E-state index contributed by atoms with van der Waals surface area (Å²) in [4.78, 5) is 12.6. The first-order valence-corrected chi connectivity index (χ1v) is 10.0. The summed E-state index contributed by atoms with van der Waals surface area (Å²) < 4.78 is 22.2. The number of rotatable bonds is 7. The van der Waals surface area contributed by atoms with Crippen molar-refractivity contribution in [3.05, 3.63) is 88.5 Å². The van der Waals surface area contributed by atoms with Gasteiger partial charge < -0.3 is 18.9 Å². The van der Waals surface area contributed by atoms with E-state index in [0.717, 1.165) is 33.8 Å². The Balaban J connectivity index is 1.50. The second kappa shape index (κ2) is 8.96. The minimum absolute atomic E-state index is 0.109. The van der Waals surface area contributed by atoms with Gasteiger partial charge in [0.25, 0.3) is 0 Å². The molecule has 0 fully saturated rings. The summed E-state index contributed by atoms with van der Waals surface area (Å²) in [7, 11) is 1.63. The number of allylic oxidation sites excluding steroid dienone is 1. The molecule has 0 spiro atoms. The fourth-order valence-electron chi connectivity index (χ4n) is 3.35. The molecule has 1 aliphatic heterocycles. The second-order valence-corrected chi connectivity index (χ2v) is 7.39. The second-order valence-electron chi connectivity index (χ2n) is 7.39. The third kappa shape index (κ3) is 4.72. The van der Waals surface area contributed by atoms with Gasteiger partial charge in [-0.2, -0.15) is 0 Å². The standard InChI is InChI=1S/C26H24O5/c1-17-4-5-18(2)25(12-17)29-15-21-13-19(7-10-23(21)28-3)6-9-22(27)20-8-11-24-26(14-20)31-16-30-24/h4-14H,15-16H2,1-3H3/b9-6+. The van der Waals surface area contributed by atoms with Gasteiger partial charge in [0.15, 0.2) is 17.3 Å². The topological polar surface area (TPSA) is 54.0 Å². The van der Waals surface area contributed by atoms with Crippen LogP contribution in [-0.2, 0) is 6.61 Å². The fraction of sp³-hybridized carbons (Fsp3) is 0.192. The SMILES string of the molecule is COc1ccc(/C=C/C(=O)c2ccc3c(c2)OCO3)cc1COc1cc(C)ccc1C. The van der Waals surface area contributed by atoms with E-state index >= 15 is 0 Å². The summed E-state index contributed by atoms with van der Waals surface area (Å²) in [6.07, 6.45) is 3.34. The molecule has 0 saturated heterocycles. The Morgan fingerprint density at radius 1 is 0.968 bits per heavy atom. The molecule has 0 saturated carbocycles. The fourth-order valence-corrected chi connectivity index (χ4v) is 3.35. The summed E-state index contributed by atoms with van der Waals surface area (Å²) in [6.45, 7) is 4.61. The van der Waals surface area contributed by atoms with Crippen molar-refractivity contribution < 1.29 is 23.7 Å². The van der Waals surface area contributed by atoms with Gasteiger partial charge in [0, 0.05) is 11.1 Å². The lowest BCUT2D eigenvalue weighted by Crippen LogP contribution is -2.01. The Labute approximate surface area is 181 Å². The van der Waals surface area contributed by atoms with Gasteiger partial charge >= 0.3 is 0 Å². The highest BCUT2D eigenvalue weighted by atomic mass is 16.7. The van der Waals surface area contributed by atoms with Crippen molar-refractivity contribution in [2.24, 2.45) is 0 Å². The molecule has 5 nitrogen and oxygen atoms in total. The van der Waals surface area contributed by atoms with E-state index in [9.17, 15) is 4.79 Å². The van der Waals surface area contributed by atoms with Crippen LogP contribution in [0.5, 0.6) is 23.0 Å². The quantitative estimate of drug-likeness (QED) is 0.375. The predicted molar refractivity (Wildman–Crippen MR) is 119 cm³/mol. The van der Waals surface area contributed by atoms with E-state index in [4.69, 9.17) is 18.9 Å². The molecular weight excluding hydrogens is 392 g/mol. The molecule has 1 aliphatic rings. The third-order valence-electron chi connectivity index (χ3n) is 5.12. The van der Waals surface area contributed by atoms with Crippen LogP contribution in [0.15, 0.2) is 60.7 Å². The van der Waals surface area contributed by atoms with E-state index in [1.54, 1.807) is 37.5 Å². The van der Waals surface area contributed by atoms with Crippen molar-refractivity contribution in [1.82, 2.24) is 0 Å². The molecule has 0 radical (unpaired) electrons. The van der Waals surface area contributed by atoms with Gasteiger partial charge in [-0.25, -0.2) is 0 Å². The van der Waals surface area contributed by atoms with E-state index in [0.29, 0.717) is 23.7 Å². The van der Waals surface area contributed by atoms with Crippen LogP contribution in [0.3, 0.4) is 0 Å². The van der Waals surface area contributed by atoms with E-state index in [1.165, 1.54) is 0 Å². The zero-order valence-corrected chi connectivity index (χ0v) is 17.8. The number of aryl methyl sites for hydroxylation is 2. The molecule has 0 N–H and O–H groups in total. The predicted octanol–water partition coefficient (Wildman–Crippen LogP) is 5.52. The molecule has 0 unspecified atom stereocenters. The van der Waals surface area contributed by atoms with Crippen LogP contribution in [0, 0.1) is 13.8 Å². The zero-order valence-electron chi connectivity index (χ0n) is 17.8. The van der Waals surface area contributed by atoms with Crippen LogP contribution in [0.1, 0.15) is 32.6 Å². The number of methoxy groups -OCH3 is 1. The number of ether oxygens (including phenoxy) is 4. The summed E-state index contributed by atoms with van der Waals surface area (Å²) in [5.41, 5.74) is 4.56. The Morgan fingerprint density at radius 3 is 2.65 bits per heavy atom. The maximum Gasteiger partial charge on any atom is 0.231 e. The largest absolute Gasteiger partial charge is 0.496 e. The van der Waals surface area contributed by atoms with Crippen molar-refractivity contribution in [2.45, 2.75) is 20.5 Å². The van der Waals surface area contributed by atoms with Crippen LogP contribution < -0.4 is 18.9 Å². The summed E-state index contributed by atoms with van der Waals surface area (Å²) in [5.74, 6) is 2.73. The highest BCUT2D eigenvalue weighted by molar-refractivity contribution is 6.07. The van der Waals surface area contributed by atoms with Gasteiger partial charge in [0.05, 0.1) is 7.11 Å². The van der Waals surface area contributed by atoms with Gasteiger partial charge in [-0.05, 0) is 73.0 Å². The molecule has 158 valence electrons. The monoisotopic (exact) mass is 416 g/mol. The molecule has 31 heavy (non-hydrogen) atoms. The van der Waals surface area contributed by atoms with E-state index < -0.39 is 0 Å². The van der Waals surface area contributed by atoms with Gasteiger partial charge in [0.2, 0.25) is 6.79 Å². The number of carbonyl (C=O) groups is 1. The first-order valence-electron chi connectivity index (χ1n) is 10.0. The maximum atomic E-state index is 12.6. The van der Waals surface area contributed by atoms with Crippen molar-refractivity contribution in [3.8, 4) is 23.0 Å². The number of benzene rings is 3. The lowest BCUT2D eigenvalue weighted by atomic mass is 10.1. The van der Waals surface area contributed by atoms with Crippen molar-refractivity contribution >= 4 is 11.9 Å². The molecular formula is C26H24O5. The average molecular weight is 416 g/mol. The summed E-state index contributed by atoms with van der Waals surface area (Å²) in [6, 6.07) is 17.1. The molecule has 3 aromatic rings. The van der Waals surface area contributed by atoms with Crippen LogP contribution in [-0.4, -0.2) is 19.7 Å². The zero-order chi connectivity index (χ0) is 21.8. The molecule has 1 heterocycles.